The summed E-state index contributed by atoms with van der Waals surface area (Å²) in [5, 5.41) is 2.98. The van der Waals surface area contributed by atoms with Crippen molar-refractivity contribution >= 4 is 15.5 Å². The van der Waals surface area contributed by atoms with E-state index in [0.29, 0.717) is 17.8 Å². The van der Waals surface area contributed by atoms with Gasteiger partial charge >= 0.3 is 0 Å². The third kappa shape index (κ3) is 1.91. The van der Waals surface area contributed by atoms with E-state index >= 15 is 0 Å². The van der Waals surface area contributed by atoms with Crippen LogP contribution in [0.3, 0.4) is 0 Å². The Balaban J connectivity index is 2.64. The van der Waals surface area contributed by atoms with Gasteiger partial charge in [0.1, 0.15) is 5.82 Å². The minimum atomic E-state index is -3.30. The normalized spacial score (nSPS) is 23.1. The molecule has 0 bridgehead atoms. The number of hydrogen-bond acceptors (Lipinski definition) is 3. The maximum Gasteiger partial charge on any atom is 0.180 e. The highest BCUT2D eigenvalue weighted by Crippen LogP contribution is 2.29. The molecule has 1 aromatic carbocycles. The average molecular weight is 243 g/mol. The number of sulfone groups is 1. The van der Waals surface area contributed by atoms with Crippen LogP contribution in [0.15, 0.2) is 17.0 Å². The van der Waals surface area contributed by atoms with E-state index in [1.807, 2.05) is 6.92 Å². The molecule has 2 rings (SSSR count). The standard InChI is InChI=1S/C11H14FNO2S/c1-7-5-13-10-4-9(12)8(2)3-11(10)16(14,15)6-7/h3-4,7,13H,5-6H2,1-2H3. The van der Waals surface area contributed by atoms with Crippen molar-refractivity contribution in [3.63, 3.8) is 0 Å². The van der Waals surface area contributed by atoms with Gasteiger partial charge in [-0.1, -0.05) is 6.92 Å². The highest BCUT2D eigenvalue weighted by Gasteiger charge is 2.26. The molecule has 0 aromatic heterocycles. The summed E-state index contributed by atoms with van der Waals surface area (Å²) in [7, 11) is -3.30. The van der Waals surface area contributed by atoms with E-state index in [2.05, 4.69) is 5.32 Å². The van der Waals surface area contributed by atoms with Gasteiger partial charge in [-0.2, -0.15) is 0 Å². The first-order valence-corrected chi connectivity index (χ1v) is 6.82. The molecule has 1 aliphatic rings. The van der Waals surface area contributed by atoms with Crippen LogP contribution in [0.2, 0.25) is 0 Å². The Bertz CT molecular complexity index is 525. The van der Waals surface area contributed by atoms with Crippen molar-refractivity contribution in [2.45, 2.75) is 18.7 Å². The number of rotatable bonds is 0. The molecular formula is C11H14FNO2S. The Kier molecular flexibility index (Phi) is 2.66. The molecule has 5 heteroatoms. The van der Waals surface area contributed by atoms with E-state index < -0.39 is 9.84 Å². The molecule has 1 N–H and O–H groups in total. The van der Waals surface area contributed by atoms with Gasteiger partial charge in [-0.15, -0.1) is 0 Å². The molecule has 0 aliphatic carbocycles. The highest BCUT2D eigenvalue weighted by molar-refractivity contribution is 7.91. The van der Waals surface area contributed by atoms with Gasteiger partial charge in [0.2, 0.25) is 0 Å². The van der Waals surface area contributed by atoms with E-state index in [-0.39, 0.29) is 22.4 Å². The molecule has 1 aromatic rings. The summed E-state index contributed by atoms with van der Waals surface area (Å²) in [4.78, 5) is 0.218. The Hall–Kier alpha value is -1.10. The van der Waals surface area contributed by atoms with Gasteiger partial charge in [-0.25, -0.2) is 12.8 Å². The minimum absolute atomic E-state index is 0.0285. The Labute approximate surface area is 94.6 Å². The van der Waals surface area contributed by atoms with Crippen molar-refractivity contribution in [1.29, 1.82) is 0 Å². The molecule has 0 saturated heterocycles. The van der Waals surface area contributed by atoms with E-state index in [9.17, 15) is 12.8 Å². The zero-order chi connectivity index (χ0) is 11.9. The van der Waals surface area contributed by atoms with Crippen LogP contribution in [-0.4, -0.2) is 20.7 Å². The molecule has 1 unspecified atom stereocenters. The fourth-order valence-corrected chi connectivity index (χ4v) is 3.73. The fraction of sp³-hybridized carbons (Fsp3) is 0.455. The molecule has 16 heavy (non-hydrogen) atoms. The van der Waals surface area contributed by atoms with Crippen molar-refractivity contribution in [2.75, 3.05) is 17.6 Å². The molecule has 88 valence electrons. The molecular weight excluding hydrogens is 229 g/mol. The van der Waals surface area contributed by atoms with Crippen molar-refractivity contribution in [3.8, 4) is 0 Å². The van der Waals surface area contributed by atoms with Crippen LogP contribution in [0.4, 0.5) is 10.1 Å². The van der Waals surface area contributed by atoms with Gasteiger partial charge in [-0.3, -0.25) is 0 Å². The zero-order valence-corrected chi connectivity index (χ0v) is 10.1. The summed E-state index contributed by atoms with van der Waals surface area (Å²) in [6, 6.07) is 2.67. The molecule has 1 heterocycles. The van der Waals surface area contributed by atoms with Crippen LogP contribution in [0, 0.1) is 18.7 Å². The number of fused-ring (bicyclic) bond motifs is 1. The van der Waals surface area contributed by atoms with Crippen LogP contribution >= 0.6 is 0 Å². The van der Waals surface area contributed by atoms with Crippen LogP contribution in [0.1, 0.15) is 12.5 Å². The predicted octanol–water partition coefficient (Wildman–Crippen LogP) is 1.97. The first-order chi connectivity index (χ1) is 7.40. The average Bonchev–Trinajstić information content (AvgIpc) is 2.27. The molecule has 0 radical (unpaired) electrons. The first-order valence-electron chi connectivity index (χ1n) is 5.17. The second-order valence-corrected chi connectivity index (χ2v) is 6.37. The fourth-order valence-electron chi connectivity index (χ4n) is 1.86. The number of halogens is 1. The maximum absolute atomic E-state index is 13.4. The summed E-state index contributed by atoms with van der Waals surface area (Å²) in [5.41, 5.74) is 0.742. The van der Waals surface area contributed by atoms with Gasteiger partial charge in [0.05, 0.1) is 16.3 Å². The molecule has 1 aliphatic heterocycles. The van der Waals surface area contributed by atoms with Crippen LogP contribution < -0.4 is 5.32 Å². The Morgan fingerprint density at radius 1 is 1.44 bits per heavy atom. The number of nitrogens with one attached hydrogen (secondary N) is 1. The zero-order valence-electron chi connectivity index (χ0n) is 9.25. The summed E-state index contributed by atoms with van der Waals surface area (Å²) in [6.45, 7) is 3.98. The number of aryl methyl sites for hydroxylation is 1. The summed E-state index contributed by atoms with van der Waals surface area (Å²) < 4.78 is 37.4. The third-order valence-corrected chi connectivity index (χ3v) is 4.76. The third-order valence-electron chi connectivity index (χ3n) is 2.74. The lowest BCUT2D eigenvalue weighted by atomic mass is 10.2. The van der Waals surface area contributed by atoms with Gasteiger partial charge in [-0.05, 0) is 30.5 Å². The van der Waals surface area contributed by atoms with Crippen molar-refractivity contribution < 1.29 is 12.8 Å². The number of benzene rings is 1. The lowest BCUT2D eigenvalue weighted by molar-refractivity contribution is 0.581. The summed E-state index contributed by atoms with van der Waals surface area (Å²) >= 11 is 0. The molecule has 0 amide bonds. The van der Waals surface area contributed by atoms with Gasteiger partial charge in [0, 0.05) is 6.54 Å². The smallest absolute Gasteiger partial charge is 0.180 e. The van der Waals surface area contributed by atoms with Gasteiger partial charge in [0.15, 0.2) is 9.84 Å². The SMILES string of the molecule is Cc1cc2c(cc1F)NCC(C)CS2(=O)=O. The van der Waals surface area contributed by atoms with Gasteiger partial charge < -0.3 is 5.32 Å². The van der Waals surface area contributed by atoms with E-state index in [0.717, 1.165) is 0 Å². The Morgan fingerprint density at radius 2 is 2.12 bits per heavy atom. The molecule has 0 fully saturated rings. The lowest BCUT2D eigenvalue weighted by Gasteiger charge is -2.08. The maximum atomic E-state index is 13.4. The number of hydrogen-bond donors (Lipinski definition) is 1. The molecule has 1 atom stereocenters. The lowest BCUT2D eigenvalue weighted by Crippen LogP contribution is -2.15. The molecule has 0 spiro atoms. The van der Waals surface area contributed by atoms with Crippen molar-refractivity contribution in [3.05, 3.63) is 23.5 Å². The van der Waals surface area contributed by atoms with Crippen LogP contribution in [-0.2, 0) is 9.84 Å². The van der Waals surface area contributed by atoms with E-state index in [1.54, 1.807) is 6.92 Å². The number of anilines is 1. The van der Waals surface area contributed by atoms with Gasteiger partial charge in [0.25, 0.3) is 0 Å². The van der Waals surface area contributed by atoms with E-state index in [4.69, 9.17) is 0 Å². The summed E-state index contributed by atoms with van der Waals surface area (Å²) in [6.07, 6.45) is 0. The van der Waals surface area contributed by atoms with Crippen LogP contribution in [0.5, 0.6) is 0 Å². The monoisotopic (exact) mass is 243 g/mol. The topological polar surface area (TPSA) is 46.2 Å². The first kappa shape index (κ1) is 11.4. The largest absolute Gasteiger partial charge is 0.384 e. The minimum Gasteiger partial charge on any atom is -0.384 e. The second kappa shape index (κ2) is 3.73. The Morgan fingerprint density at radius 3 is 2.81 bits per heavy atom. The predicted molar refractivity (Wildman–Crippen MR) is 60.8 cm³/mol. The quantitative estimate of drug-likeness (QED) is 0.709. The van der Waals surface area contributed by atoms with Crippen molar-refractivity contribution in [2.24, 2.45) is 5.92 Å². The highest BCUT2D eigenvalue weighted by atomic mass is 32.2. The molecule has 3 nitrogen and oxygen atoms in total. The second-order valence-electron chi connectivity index (χ2n) is 4.37. The molecule has 0 saturated carbocycles. The van der Waals surface area contributed by atoms with Crippen molar-refractivity contribution in [1.82, 2.24) is 0 Å². The van der Waals surface area contributed by atoms with E-state index in [1.165, 1.54) is 12.1 Å². The van der Waals surface area contributed by atoms with Crippen LogP contribution in [0.25, 0.3) is 0 Å². The summed E-state index contributed by atoms with van der Waals surface area (Å²) in [5.74, 6) is -0.241.